The fourth-order valence-corrected chi connectivity index (χ4v) is 4.17. The highest BCUT2D eigenvalue weighted by molar-refractivity contribution is 5.97. The number of ether oxygens (including phenoxy) is 1. The smallest absolute Gasteiger partial charge is 0.409 e. The van der Waals surface area contributed by atoms with Crippen molar-refractivity contribution in [2.75, 3.05) is 19.7 Å². The number of hydrogen-bond acceptors (Lipinski definition) is 5. The fourth-order valence-electron chi connectivity index (χ4n) is 4.17. The number of aryl methyl sites for hydroxylation is 2. The summed E-state index contributed by atoms with van der Waals surface area (Å²) in [6, 6.07) is 8.35. The van der Waals surface area contributed by atoms with E-state index in [1.54, 1.807) is 11.8 Å². The Morgan fingerprint density at radius 2 is 1.97 bits per heavy atom. The van der Waals surface area contributed by atoms with Gasteiger partial charge in [0.15, 0.2) is 0 Å². The molecule has 0 radical (unpaired) electrons. The van der Waals surface area contributed by atoms with E-state index >= 15 is 0 Å². The van der Waals surface area contributed by atoms with E-state index < -0.39 is 0 Å². The van der Waals surface area contributed by atoms with Gasteiger partial charge in [0.2, 0.25) is 0 Å². The van der Waals surface area contributed by atoms with Gasteiger partial charge in [0.05, 0.1) is 12.6 Å². The molecular formula is C24H32N4O3. The Labute approximate surface area is 184 Å². The van der Waals surface area contributed by atoms with Gasteiger partial charge in [0.1, 0.15) is 11.6 Å². The zero-order chi connectivity index (χ0) is 22.2. The first kappa shape index (κ1) is 22.7. The molecule has 0 aromatic heterocycles. The molecule has 1 atom stereocenters. The number of carbonyl (C=O) groups excluding carboxylic acids is 2. The number of amides is 2. The summed E-state index contributed by atoms with van der Waals surface area (Å²) >= 11 is 0. The van der Waals surface area contributed by atoms with E-state index in [4.69, 9.17) is 4.74 Å². The molecular weight excluding hydrogens is 392 g/mol. The molecule has 7 nitrogen and oxygen atoms in total. The average molecular weight is 425 g/mol. The second-order valence-corrected chi connectivity index (χ2v) is 8.23. The summed E-state index contributed by atoms with van der Waals surface area (Å²) in [4.78, 5) is 26.1. The normalized spacial score (nSPS) is 17.8. The highest BCUT2D eigenvalue weighted by atomic mass is 16.6. The predicted octanol–water partition coefficient (Wildman–Crippen LogP) is 3.36. The third kappa shape index (κ3) is 6.00. The van der Waals surface area contributed by atoms with Crippen molar-refractivity contribution in [2.45, 2.75) is 64.5 Å². The van der Waals surface area contributed by atoms with Crippen molar-refractivity contribution < 1.29 is 14.3 Å². The second kappa shape index (κ2) is 10.9. The monoisotopic (exact) mass is 424 g/mol. The zero-order valence-corrected chi connectivity index (χ0v) is 18.4. The van der Waals surface area contributed by atoms with Gasteiger partial charge < -0.3 is 20.3 Å². The largest absolute Gasteiger partial charge is 0.450 e. The molecule has 3 rings (SSSR count). The molecule has 1 unspecified atom stereocenters. The summed E-state index contributed by atoms with van der Waals surface area (Å²) < 4.78 is 5.03. The lowest BCUT2D eigenvalue weighted by Gasteiger charge is -2.31. The maximum Gasteiger partial charge on any atom is 0.409 e. The lowest BCUT2D eigenvalue weighted by Crippen LogP contribution is -2.44. The minimum atomic E-state index is -0.385. The number of fused-ring (bicyclic) bond motifs is 1. The summed E-state index contributed by atoms with van der Waals surface area (Å²) in [5.41, 5.74) is 3.89. The van der Waals surface area contributed by atoms with Gasteiger partial charge in [0.25, 0.3) is 5.91 Å². The number of nitrogens with one attached hydrogen (secondary N) is 2. The van der Waals surface area contributed by atoms with Crippen LogP contribution in [0.4, 0.5) is 4.79 Å². The Bertz CT molecular complexity index is 866. The molecule has 1 aliphatic carbocycles. The van der Waals surface area contributed by atoms with Gasteiger partial charge in [0, 0.05) is 25.3 Å². The van der Waals surface area contributed by atoms with Gasteiger partial charge in [-0.25, -0.2) is 4.79 Å². The molecule has 0 bridgehead atoms. The van der Waals surface area contributed by atoms with Crippen LogP contribution in [0.25, 0.3) is 0 Å². The van der Waals surface area contributed by atoms with E-state index in [2.05, 4.69) is 28.8 Å². The molecule has 1 heterocycles. The van der Waals surface area contributed by atoms with Crippen molar-refractivity contribution in [3.63, 3.8) is 0 Å². The molecule has 0 spiro atoms. The molecule has 1 aromatic carbocycles. The van der Waals surface area contributed by atoms with Crippen LogP contribution in [-0.4, -0.2) is 42.6 Å². The number of likely N-dealkylation sites (tertiary alicyclic amines) is 1. The first-order chi connectivity index (χ1) is 15.0. The van der Waals surface area contributed by atoms with Crippen LogP contribution in [-0.2, 0) is 22.4 Å². The predicted molar refractivity (Wildman–Crippen MR) is 118 cm³/mol. The molecule has 31 heavy (non-hydrogen) atoms. The van der Waals surface area contributed by atoms with Crippen molar-refractivity contribution in [3.8, 4) is 6.07 Å². The third-order valence-electron chi connectivity index (χ3n) is 6.07. The second-order valence-electron chi connectivity index (χ2n) is 8.23. The van der Waals surface area contributed by atoms with E-state index in [1.807, 2.05) is 13.0 Å². The van der Waals surface area contributed by atoms with Crippen LogP contribution in [0, 0.1) is 11.3 Å². The molecule has 1 aromatic rings. The number of carbonyl (C=O) groups is 2. The Kier molecular flexibility index (Phi) is 7.94. The highest BCUT2D eigenvalue weighted by Crippen LogP contribution is 2.25. The van der Waals surface area contributed by atoms with Crippen LogP contribution >= 0.6 is 0 Å². The Hall–Kier alpha value is -3.01. The molecule has 1 saturated heterocycles. The standard InChI is InChI=1S/C24H32N4O3/c1-3-31-24(30)28-12-10-22(11-13-28)26-16-21(15-25)23(29)27-17(2)19-9-8-18-6-4-5-7-20(18)14-19/h8-9,14,16-17,22,26H,3-7,10-13H2,1-2H3,(H,27,29)/b21-16-. The fraction of sp³-hybridized carbons (Fsp3) is 0.542. The molecule has 166 valence electrons. The van der Waals surface area contributed by atoms with Gasteiger partial charge in [-0.15, -0.1) is 0 Å². The third-order valence-corrected chi connectivity index (χ3v) is 6.07. The summed E-state index contributed by atoms with van der Waals surface area (Å²) in [7, 11) is 0. The van der Waals surface area contributed by atoms with Gasteiger partial charge in [-0.1, -0.05) is 18.2 Å². The first-order valence-electron chi connectivity index (χ1n) is 11.2. The van der Waals surface area contributed by atoms with Gasteiger partial charge in [-0.2, -0.15) is 5.26 Å². The summed E-state index contributed by atoms with van der Waals surface area (Å²) in [6.07, 6.45) is 7.35. The molecule has 2 N–H and O–H groups in total. The molecule has 2 amide bonds. The maximum absolute atomic E-state index is 12.6. The zero-order valence-electron chi connectivity index (χ0n) is 18.4. The highest BCUT2D eigenvalue weighted by Gasteiger charge is 2.23. The Morgan fingerprint density at radius 1 is 1.26 bits per heavy atom. The van der Waals surface area contributed by atoms with Crippen LogP contribution < -0.4 is 10.6 Å². The van der Waals surface area contributed by atoms with E-state index in [1.165, 1.54) is 30.2 Å². The molecule has 1 aliphatic heterocycles. The average Bonchev–Trinajstić information content (AvgIpc) is 2.79. The van der Waals surface area contributed by atoms with E-state index in [-0.39, 0.29) is 29.7 Å². The number of rotatable bonds is 6. The van der Waals surface area contributed by atoms with Crippen LogP contribution in [0.15, 0.2) is 30.0 Å². The minimum Gasteiger partial charge on any atom is -0.450 e. The van der Waals surface area contributed by atoms with Crippen LogP contribution in [0.3, 0.4) is 0 Å². The van der Waals surface area contributed by atoms with Gasteiger partial charge in [-0.3, -0.25) is 4.79 Å². The lowest BCUT2D eigenvalue weighted by molar-refractivity contribution is -0.117. The minimum absolute atomic E-state index is 0.0534. The summed E-state index contributed by atoms with van der Waals surface area (Å²) in [5.74, 6) is -0.385. The Balaban J connectivity index is 1.52. The molecule has 2 aliphatic rings. The molecule has 0 saturated carbocycles. The summed E-state index contributed by atoms with van der Waals surface area (Å²) in [6.45, 7) is 5.28. The number of nitrogens with zero attached hydrogens (tertiary/aromatic N) is 2. The van der Waals surface area contributed by atoms with Crippen molar-refractivity contribution in [2.24, 2.45) is 0 Å². The number of piperidine rings is 1. The Morgan fingerprint density at radius 3 is 2.65 bits per heavy atom. The summed E-state index contributed by atoms with van der Waals surface area (Å²) in [5, 5.41) is 15.6. The number of benzene rings is 1. The van der Waals surface area contributed by atoms with E-state index in [9.17, 15) is 14.9 Å². The lowest BCUT2D eigenvalue weighted by atomic mass is 9.89. The first-order valence-corrected chi connectivity index (χ1v) is 11.2. The van der Waals surface area contributed by atoms with Crippen LogP contribution in [0.5, 0.6) is 0 Å². The number of nitriles is 1. The number of hydrogen-bond donors (Lipinski definition) is 2. The quantitative estimate of drug-likeness (QED) is 0.539. The van der Waals surface area contributed by atoms with Crippen LogP contribution in [0.2, 0.25) is 0 Å². The molecule has 1 fully saturated rings. The van der Waals surface area contributed by atoms with Gasteiger partial charge >= 0.3 is 6.09 Å². The van der Waals surface area contributed by atoms with E-state index in [0.717, 1.165) is 31.2 Å². The molecule has 7 heteroatoms. The van der Waals surface area contributed by atoms with Crippen molar-refractivity contribution in [3.05, 3.63) is 46.7 Å². The van der Waals surface area contributed by atoms with E-state index in [0.29, 0.717) is 19.7 Å². The van der Waals surface area contributed by atoms with Crippen molar-refractivity contribution in [1.29, 1.82) is 5.26 Å². The van der Waals surface area contributed by atoms with Crippen LogP contribution in [0.1, 0.15) is 62.3 Å². The van der Waals surface area contributed by atoms with Crippen molar-refractivity contribution >= 4 is 12.0 Å². The maximum atomic E-state index is 12.6. The SMILES string of the molecule is CCOC(=O)N1CCC(N/C=C(/C#N)C(=O)NC(C)c2ccc3c(c2)CCCC3)CC1. The van der Waals surface area contributed by atoms with Gasteiger partial charge in [-0.05, 0) is 69.1 Å². The van der Waals surface area contributed by atoms with Crippen molar-refractivity contribution in [1.82, 2.24) is 15.5 Å². The topological polar surface area (TPSA) is 94.5 Å².